The van der Waals surface area contributed by atoms with Gasteiger partial charge in [-0.25, -0.2) is 0 Å². The molecule has 9 heavy (non-hydrogen) atoms. The lowest BCUT2D eigenvalue weighted by Crippen LogP contribution is -2.62. The summed E-state index contributed by atoms with van der Waals surface area (Å²) in [5.41, 5.74) is 0. The van der Waals surface area contributed by atoms with Crippen LogP contribution in [0.25, 0.3) is 0 Å². The Morgan fingerprint density at radius 1 is 0.667 bits per heavy atom. The third-order valence-corrected chi connectivity index (χ3v) is 4.68. The van der Waals surface area contributed by atoms with E-state index in [9.17, 15) is 0 Å². The molecule has 0 heteroatoms. The Morgan fingerprint density at radius 3 is 2.00 bits per heavy atom. The Bertz CT molecular complexity index is 172. The van der Waals surface area contributed by atoms with Crippen LogP contribution in [0.1, 0.15) is 19.3 Å². The van der Waals surface area contributed by atoms with E-state index in [0.717, 1.165) is 0 Å². The maximum absolute atomic E-state index is 1.65. The van der Waals surface area contributed by atoms with E-state index in [4.69, 9.17) is 0 Å². The molecule has 48 valence electrons. The van der Waals surface area contributed by atoms with Crippen LogP contribution >= 0.6 is 0 Å². The number of hydrogen-bond acceptors (Lipinski definition) is 0. The van der Waals surface area contributed by atoms with Crippen molar-refractivity contribution in [3.05, 3.63) is 0 Å². The molecule has 0 spiro atoms. The zero-order chi connectivity index (χ0) is 5.59. The van der Waals surface area contributed by atoms with Gasteiger partial charge < -0.3 is 0 Å². The molecule has 0 heterocycles. The Kier molecular flexibility index (Phi) is 0.395. The third kappa shape index (κ3) is 0.249. The smallest absolute Gasteiger partial charge is 0.0321 e. The topological polar surface area (TPSA) is 0 Å². The zero-order valence-corrected chi connectivity index (χ0v) is 5.59. The van der Waals surface area contributed by atoms with E-state index in [-0.39, 0.29) is 0 Å². The maximum Gasteiger partial charge on any atom is -0.0321 e. The van der Waals surface area contributed by atoms with Gasteiger partial charge in [-0.05, 0) is 54.8 Å². The van der Waals surface area contributed by atoms with Crippen LogP contribution in [0.2, 0.25) is 0 Å². The fourth-order valence-electron chi connectivity index (χ4n) is 3.99. The molecule has 6 aliphatic rings. The highest BCUT2D eigenvalue weighted by Crippen LogP contribution is 2.78. The summed E-state index contributed by atoms with van der Waals surface area (Å²) < 4.78 is 0. The summed E-state index contributed by atoms with van der Waals surface area (Å²) in [6, 6.07) is 0. The minimum absolute atomic E-state index is 1.24. The second-order valence-corrected chi connectivity index (χ2v) is 4.70. The molecule has 0 aromatic rings. The van der Waals surface area contributed by atoms with Crippen molar-refractivity contribution in [3.63, 3.8) is 0 Å². The van der Waals surface area contributed by atoms with Gasteiger partial charge >= 0.3 is 0 Å². The monoisotopic (exact) mass is 120 g/mol. The van der Waals surface area contributed by atoms with Crippen molar-refractivity contribution in [2.24, 2.45) is 35.5 Å². The molecule has 6 saturated carbocycles. The van der Waals surface area contributed by atoms with E-state index in [1.54, 1.807) is 19.3 Å². The molecule has 6 rings (SSSR count). The molecule has 6 aliphatic carbocycles. The highest BCUT2D eigenvalue weighted by Gasteiger charge is 2.71. The molecule has 4 bridgehead atoms. The van der Waals surface area contributed by atoms with Crippen molar-refractivity contribution in [2.75, 3.05) is 0 Å². The average Bonchev–Trinajstić information content (AvgIpc) is 2.36. The van der Waals surface area contributed by atoms with Crippen molar-refractivity contribution in [1.82, 2.24) is 0 Å². The van der Waals surface area contributed by atoms with Crippen molar-refractivity contribution < 1.29 is 0 Å². The van der Waals surface area contributed by atoms with Crippen LogP contribution in [-0.2, 0) is 0 Å². The average molecular weight is 120 g/mol. The molecule has 0 aliphatic heterocycles. The van der Waals surface area contributed by atoms with E-state index in [1.165, 1.54) is 35.5 Å². The van der Waals surface area contributed by atoms with Gasteiger partial charge in [0.05, 0.1) is 0 Å². The molecule has 6 atom stereocenters. The van der Waals surface area contributed by atoms with Gasteiger partial charge in [0.2, 0.25) is 0 Å². The zero-order valence-electron chi connectivity index (χ0n) is 5.59. The van der Waals surface area contributed by atoms with Crippen LogP contribution < -0.4 is 0 Å². The Hall–Kier alpha value is 0. The molecule has 0 nitrogen and oxygen atoms in total. The highest BCUT2D eigenvalue weighted by molar-refractivity contribution is 5.19. The second kappa shape index (κ2) is 0.889. The van der Waals surface area contributed by atoms with Crippen molar-refractivity contribution in [3.8, 4) is 0 Å². The first-order valence-corrected chi connectivity index (χ1v) is 4.45. The molecule has 0 aromatic heterocycles. The van der Waals surface area contributed by atoms with Gasteiger partial charge in [-0.15, -0.1) is 0 Å². The summed E-state index contributed by atoms with van der Waals surface area (Å²) >= 11 is 0. The summed E-state index contributed by atoms with van der Waals surface area (Å²) in [5.74, 6) is 7.58. The molecule has 0 aromatic carbocycles. The molecule has 5 unspecified atom stereocenters. The van der Waals surface area contributed by atoms with E-state index in [0.29, 0.717) is 0 Å². The Morgan fingerprint density at radius 2 is 1.44 bits per heavy atom. The van der Waals surface area contributed by atoms with Gasteiger partial charge in [-0.1, -0.05) is 0 Å². The normalized spacial score (nSPS) is 80.0. The van der Waals surface area contributed by atoms with Crippen molar-refractivity contribution >= 4 is 0 Å². The van der Waals surface area contributed by atoms with Crippen molar-refractivity contribution in [1.29, 1.82) is 0 Å². The Labute approximate surface area is 55.6 Å². The van der Waals surface area contributed by atoms with Crippen LogP contribution in [0, 0.1) is 35.5 Å². The fraction of sp³-hybridized carbons (Fsp3) is 1.00. The van der Waals surface area contributed by atoms with Gasteiger partial charge in [-0.2, -0.15) is 0 Å². The predicted molar refractivity (Wildman–Crippen MR) is 34.8 cm³/mol. The van der Waals surface area contributed by atoms with E-state index < -0.39 is 0 Å². The van der Waals surface area contributed by atoms with Crippen molar-refractivity contribution in [2.45, 2.75) is 19.3 Å². The molecule has 0 N–H and O–H groups in total. The molecule has 0 saturated heterocycles. The lowest BCUT2D eigenvalue weighted by atomic mass is 9.37. The SMILES string of the molecule is C1C2CC3C4C[C@H]3C4C12. The summed E-state index contributed by atoms with van der Waals surface area (Å²) in [7, 11) is 0. The van der Waals surface area contributed by atoms with E-state index in [2.05, 4.69) is 0 Å². The van der Waals surface area contributed by atoms with E-state index >= 15 is 0 Å². The molecule has 0 radical (unpaired) electrons. The Balaban J connectivity index is 1.82. The molecular formula is C9H12. The van der Waals surface area contributed by atoms with Gasteiger partial charge in [0.15, 0.2) is 0 Å². The first-order chi connectivity index (χ1) is 4.45. The third-order valence-electron chi connectivity index (χ3n) is 4.68. The number of rotatable bonds is 0. The van der Waals surface area contributed by atoms with Crippen LogP contribution in [-0.4, -0.2) is 0 Å². The summed E-state index contributed by atoms with van der Waals surface area (Å²) in [6.45, 7) is 0. The lowest BCUT2D eigenvalue weighted by Gasteiger charge is -2.68. The van der Waals surface area contributed by atoms with E-state index in [1.807, 2.05) is 0 Å². The van der Waals surface area contributed by atoms with Crippen LogP contribution in [0.3, 0.4) is 0 Å². The van der Waals surface area contributed by atoms with Gasteiger partial charge in [0.1, 0.15) is 0 Å². The van der Waals surface area contributed by atoms with Gasteiger partial charge in [0.25, 0.3) is 0 Å². The van der Waals surface area contributed by atoms with Crippen LogP contribution in [0.15, 0.2) is 0 Å². The molecular weight excluding hydrogens is 108 g/mol. The van der Waals surface area contributed by atoms with Gasteiger partial charge in [-0.3, -0.25) is 0 Å². The fourth-order valence-corrected chi connectivity index (χ4v) is 3.99. The first-order valence-electron chi connectivity index (χ1n) is 4.45. The van der Waals surface area contributed by atoms with Gasteiger partial charge in [0, 0.05) is 0 Å². The second-order valence-electron chi connectivity index (χ2n) is 4.70. The van der Waals surface area contributed by atoms with Crippen LogP contribution in [0.4, 0.5) is 0 Å². The largest absolute Gasteiger partial charge is 0.0468 e. The predicted octanol–water partition coefficient (Wildman–Crippen LogP) is 1.91. The minimum atomic E-state index is 1.24. The summed E-state index contributed by atoms with van der Waals surface area (Å²) in [5, 5.41) is 0. The molecule has 0 amide bonds. The highest BCUT2D eigenvalue weighted by atomic mass is 14.8. The summed E-state index contributed by atoms with van der Waals surface area (Å²) in [4.78, 5) is 0. The lowest BCUT2D eigenvalue weighted by molar-refractivity contribution is -0.201. The van der Waals surface area contributed by atoms with Crippen LogP contribution in [0.5, 0.6) is 0 Å². The standard InChI is InChI=1S/C9H12/c1-4-2-6-7-3-8(6)9(7)5(1)4/h4-9H,1-3H2/t4?,5?,6?,7-,8?,9?/m1/s1. The molecule has 6 fully saturated rings. The quantitative estimate of drug-likeness (QED) is 0.458. The maximum atomic E-state index is 1.65. The number of hydrogen-bond donors (Lipinski definition) is 0. The first kappa shape index (κ1) is 4.00. The summed E-state index contributed by atoms with van der Waals surface area (Å²) in [6.07, 6.45) is 4.92. The minimum Gasteiger partial charge on any atom is -0.0468 e.